The molecule has 0 saturated heterocycles. The second kappa shape index (κ2) is 16.4. The molecule has 0 aromatic carbocycles. The average Bonchev–Trinajstić information content (AvgIpc) is 2.72. The molecule has 28 heavy (non-hydrogen) atoms. The molecule has 0 radical (unpaired) electrons. The van der Waals surface area contributed by atoms with Crippen molar-refractivity contribution < 1.29 is 0 Å². The van der Waals surface area contributed by atoms with Gasteiger partial charge in [0, 0.05) is 6.04 Å². The molecule has 1 fully saturated rings. The summed E-state index contributed by atoms with van der Waals surface area (Å²) in [4.78, 5) is 0. The van der Waals surface area contributed by atoms with E-state index < -0.39 is 0 Å². The van der Waals surface area contributed by atoms with Crippen molar-refractivity contribution in [1.29, 1.82) is 0 Å². The van der Waals surface area contributed by atoms with Gasteiger partial charge in [-0.05, 0) is 31.4 Å². The number of allylic oxidation sites excluding steroid dienone is 11. The summed E-state index contributed by atoms with van der Waals surface area (Å²) in [5.74, 6) is 0. The molecule has 1 N–H and O–H groups in total. The van der Waals surface area contributed by atoms with Crippen LogP contribution in [0.3, 0.4) is 0 Å². The van der Waals surface area contributed by atoms with E-state index in [1.165, 1.54) is 82.6 Å². The van der Waals surface area contributed by atoms with Crippen molar-refractivity contribution in [3.05, 3.63) is 72.4 Å². The first-order chi connectivity index (χ1) is 13.9. The average molecular weight is 380 g/mol. The monoisotopic (exact) mass is 379 g/mol. The summed E-state index contributed by atoms with van der Waals surface area (Å²) >= 11 is 0. The van der Waals surface area contributed by atoms with Crippen LogP contribution in [0.2, 0.25) is 0 Å². The Morgan fingerprint density at radius 2 is 1.04 bits per heavy atom. The van der Waals surface area contributed by atoms with Crippen LogP contribution in [0.5, 0.6) is 0 Å². The minimum Gasteiger partial charge on any atom is -0.314 e. The van der Waals surface area contributed by atoms with Gasteiger partial charge in [0.25, 0.3) is 0 Å². The molecule has 2 aliphatic carbocycles. The summed E-state index contributed by atoms with van der Waals surface area (Å²) in [6.07, 6.45) is 41.4. The number of hydrogen-bond donors (Lipinski definition) is 1. The van der Waals surface area contributed by atoms with Crippen LogP contribution in [0.4, 0.5) is 0 Å². The molecule has 0 aromatic heterocycles. The van der Waals surface area contributed by atoms with Crippen LogP contribution in [0.1, 0.15) is 83.5 Å². The van der Waals surface area contributed by atoms with Gasteiger partial charge in [0.2, 0.25) is 0 Å². The fourth-order valence-corrected chi connectivity index (χ4v) is 3.99. The zero-order valence-corrected chi connectivity index (χ0v) is 17.8. The molecule has 1 nitrogen and oxygen atoms in total. The van der Waals surface area contributed by atoms with E-state index in [4.69, 9.17) is 0 Å². The lowest BCUT2D eigenvalue weighted by Crippen LogP contribution is -2.30. The van der Waals surface area contributed by atoms with Crippen molar-refractivity contribution >= 4 is 0 Å². The van der Waals surface area contributed by atoms with E-state index >= 15 is 0 Å². The molecule has 0 atom stereocenters. The Morgan fingerprint density at radius 3 is 1.61 bits per heavy atom. The zero-order chi connectivity index (χ0) is 19.5. The molecule has 0 aromatic rings. The Hall–Kier alpha value is -1.60. The smallest absolute Gasteiger partial charge is 0.00671 e. The van der Waals surface area contributed by atoms with Gasteiger partial charge in [-0.15, -0.1) is 0 Å². The SMILES string of the molecule is C1=C\C=C/C=C\C(CCNC2CCCCCCCCCCCC2)=C/C=C\C=C/1. The molecule has 0 bridgehead atoms. The highest BCUT2D eigenvalue weighted by molar-refractivity contribution is 5.29. The number of hydrogen-bond acceptors (Lipinski definition) is 1. The third-order valence-corrected chi connectivity index (χ3v) is 5.71. The summed E-state index contributed by atoms with van der Waals surface area (Å²) < 4.78 is 0. The fraction of sp³-hybridized carbons (Fsp3) is 0.556. The predicted octanol–water partition coefficient (Wildman–Crippen LogP) is 7.75. The Balaban J connectivity index is 1.79. The van der Waals surface area contributed by atoms with E-state index in [0.717, 1.165) is 13.0 Å². The summed E-state index contributed by atoms with van der Waals surface area (Å²) in [5, 5.41) is 3.88. The van der Waals surface area contributed by atoms with Crippen molar-refractivity contribution in [3.63, 3.8) is 0 Å². The first-order valence-corrected chi connectivity index (χ1v) is 11.7. The minimum atomic E-state index is 0.708. The van der Waals surface area contributed by atoms with Crippen molar-refractivity contribution in [3.8, 4) is 0 Å². The lowest BCUT2D eigenvalue weighted by Gasteiger charge is -2.19. The Kier molecular flexibility index (Phi) is 13.3. The molecule has 0 spiro atoms. The van der Waals surface area contributed by atoms with Crippen LogP contribution in [-0.4, -0.2) is 12.6 Å². The second-order valence-electron chi connectivity index (χ2n) is 8.15. The van der Waals surface area contributed by atoms with Crippen LogP contribution in [0, 0.1) is 0 Å². The highest BCUT2D eigenvalue weighted by Gasteiger charge is 2.08. The van der Waals surface area contributed by atoms with Gasteiger partial charge < -0.3 is 5.32 Å². The van der Waals surface area contributed by atoms with Crippen molar-refractivity contribution in [2.24, 2.45) is 0 Å². The van der Waals surface area contributed by atoms with E-state index in [2.05, 4.69) is 72.2 Å². The molecule has 154 valence electrons. The molecule has 0 aliphatic heterocycles. The molecule has 2 aliphatic rings. The van der Waals surface area contributed by atoms with E-state index in [9.17, 15) is 0 Å². The first-order valence-electron chi connectivity index (χ1n) is 11.7. The largest absolute Gasteiger partial charge is 0.314 e. The molecule has 0 amide bonds. The molecule has 2 rings (SSSR count). The Labute approximate surface area is 174 Å². The molecule has 1 heteroatoms. The molecule has 1 saturated carbocycles. The van der Waals surface area contributed by atoms with Gasteiger partial charge in [0.1, 0.15) is 0 Å². The summed E-state index contributed by atoms with van der Waals surface area (Å²) in [6, 6.07) is 0.708. The lowest BCUT2D eigenvalue weighted by atomic mass is 10.0. The number of nitrogens with one attached hydrogen (secondary N) is 1. The molecule has 0 unspecified atom stereocenters. The van der Waals surface area contributed by atoms with Crippen molar-refractivity contribution in [2.75, 3.05) is 6.54 Å². The van der Waals surface area contributed by atoms with Gasteiger partial charge in [-0.1, -0.05) is 131 Å². The van der Waals surface area contributed by atoms with Crippen molar-refractivity contribution in [2.45, 2.75) is 89.5 Å². The van der Waals surface area contributed by atoms with Crippen LogP contribution in [0.15, 0.2) is 72.4 Å². The Bertz CT molecular complexity index is 545. The van der Waals surface area contributed by atoms with Gasteiger partial charge in [-0.3, -0.25) is 0 Å². The first kappa shape index (κ1) is 22.7. The maximum atomic E-state index is 3.88. The summed E-state index contributed by atoms with van der Waals surface area (Å²) in [7, 11) is 0. The predicted molar refractivity (Wildman–Crippen MR) is 126 cm³/mol. The topological polar surface area (TPSA) is 12.0 Å². The van der Waals surface area contributed by atoms with Crippen LogP contribution >= 0.6 is 0 Å². The van der Waals surface area contributed by atoms with Crippen molar-refractivity contribution in [1.82, 2.24) is 5.32 Å². The van der Waals surface area contributed by atoms with Gasteiger partial charge in [-0.25, -0.2) is 0 Å². The minimum absolute atomic E-state index is 0.708. The number of rotatable bonds is 4. The normalized spacial score (nSPS) is 28.6. The summed E-state index contributed by atoms with van der Waals surface area (Å²) in [5.41, 5.74) is 1.39. The quantitative estimate of drug-likeness (QED) is 0.526. The third-order valence-electron chi connectivity index (χ3n) is 5.71. The highest BCUT2D eigenvalue weighted by Crippen LogP contribution is 2.17. The third kappa shape index (κ3) is 12.0. The van der Waals surface area contributed by atoms with E-state index in [1.54, 1.807) is 0 Å². The van der Waals surface area contributed by atoms with E-state index in [0.29, 0.717) is 6.04 Å². The Morgan fingerprint density at radius 1 is 0.571 bits per heavy atom. The maximum Gasteiger partial charge on any atom is 0.00671 e. The van der Waals surface area contributed by atoms with Crippen LogP contribution in [0.25, 0.3) is 0 Å². The molecular formula is C27H41N. The fourth-order valence-electron chi connectivity index (χ4n) is 3.99. The molecular weight excluding hydrogens is 338 g/mol. The second-order valence-corrected chi connectivity index (χ2v) is 8.15. The standard InChI is InChI=1S/C27H41N/c1-2-7-11-15-19-23-27(22-18-14-10-6-1)28-25-24-26-20-16-12-8-4-3-5-9-13-17-21-26/h3-5,8-9,12-13,16-17,20-21,27-28H,1-2,6-7,10-11,14-15,18-19,22-25H2/b4-3-,5-3?,8-4?,9-5-,12-8-,13-9?,16-12?,17-13-,20-16-,21-17?,26-20?,26-21+. The summed E-state index contributed by atoms with van der Waals surface area (Å²) in [6.45, 7) is 1.08. The molecule has 0 heterocycles. The maximum absolute atomic E-state index is 3.88. The zero-order valence-electron chi connectivity index (χ0n) is 17.8. The van der Waals surface area contributed by atoms with Crippen LogP contribution < -0.4 is 5.32 Å². The van der Waals surface area contributed by atoms with Gasteiger partial charge in [-0.2, -0.15) is 0 Å². The van der Waals surface area contributed by atoms with Gasteiger partial charge >= 0.3 is 0 Å². The van der Waals surface area contributed by atoms with Gasteiger partial charge in [0.05, 0.1) is 0 Å². The highest BCUT2D eigenvalue weighted by atomic mass is 14.9. The lowest BCUT2D eigenvalue weighted by molar-refractivity contribution is 0.419. The van der Waals surface area contributed by atoms with Crippen LogP contribution in [-0.2, 0) is 0 Å². The van der Waals surface area contributed by atoms with Gasteiger partial charge in [0.15, 0.2) is 0 Å². The van der Waals surface area contributed by atoms with E-state index in [-0.39, 0.29) is 0 Å². The van der Waals surface area contributed by atoms with E-state index in [1.807, 2.05) is 0 Å².